The second-order valence-corrected chi connectivity index (χ2v) is 8.36. The van der Waals surface area contributed by atoms with Crippen LogP contribution in [0.25, 0.3) is 0 Å². The average Bonchev–Trinajstić information content (AvgIpc) is 3.44. The van der Waals surface area contributed by atoms with E-state index in [1.54, 1.807) is 60.9 Å². The Morgan fingerprint density at radius 3 is 2.22 bits per heavy atom. The summed E-state index contributed by atoms with van der Waals surface area (Å²) in [6.07, 6.45) is 2.59. The monoisotopic (exact) mass is 496 g/mol. The fourth-order valence-corrected chi connectivity index (χ4v) is 3.64. The van der Waals surface area contributed by atoms with E-state index in [2.05, 4.69) is 21.3 Å². The third-order valence-electron chi connectivity index (χ3n) is 5.49. The van der Waals surface area contributed by atoms with Gasteiger partial charge in [0, 0.05) is 29.0 Å². The Labute approximate surface area is 215 Å². The number of benzene rings is 3. The number of amides is 3. The molecule has 0 unspecified atom stereocenters. The van der Waals surface area contributed by atoms with Crippen molar-refractivity contribution in [2.24, 2.45) is 0 Å². The van der Waals surface area contributed by atoms with Crippen LogP contribution in [0.15, 0.2) is 102 Å². The van der Waals surface area contributed by atoms with Crippen molar-refractivity contribution in [2.75, 3.05) is 22.5 Å². The molecule has 1 heterocycles. The topological polar surface area (TPSA) is 112 Å². The van der Waals surface area contributed by atoms with E-state index in [4.69, 9.17) is 4.42 Å². The predicted octanol–water partition coefficient (Wildman–Crippen LogP) is 4.83. The Hall–Kier alpha value is -4.85. The first-order valence-electron chi connectivity index (χ1n) is 11.9. The van der Waals surface area contributed by atoms with Crippen molar-refractivity contribution < 1.29 is 18.8 Å². The lowest BCUT2D eigenvalue weighted by Gasteiger charge is -2.11. The number of anilines is 3. The summed E-state index contributed by atoms with van der Waals surface area (Å²) in [7, 11) is 0. The highest BCUT2D eigenvalue weighted by molar-refractivity contribution is 5.98. The van der Waals surface area contributed by atoms with Crippen molar-refractivity contribution in [3.8, 4) is 0 Å². The Morgan fingerprint density at radius 1 is 0.703 bits per heavy atom. The largest absolute Gasteiger partial charge is 0.467 e. The van der Waals surface area contributed by atoms with E-state index in [0.29, 0.717) is 41.2 Å². The molecule has 0 radical (unpaired) electrons. The zero-order valence-electron chi connectivity index (χ0n) is 20.2. The summed E-state index contributed by atoms with van der Waals surface area (Å²) >= 11 is 0. The Balaban J connectivity index is 1.23. The van der Waals surface area contributed by atoms with E-state index in [1.165, 1.54) is 0 Å². The van der Waals surface area contributed by atoms with Gasteiger partial charge in [-0.3, -0.25) is 14.4 Å². The summed E-state index contributed by atoms with van der Waals surface area (Å²) in [4.78, 5) is 37.2. The van der Waals surface area contributed by atoms with E-state index < -0.39 is 0 Å². The maximum atomic E-state index is 12.5. The lowest BCUT2D eigenvalue weighted by atomic mass is 10.1. The van der Waals surface area contributed by atoms with Gasteiger partial charge in [0.1, 0.15) is 5.76 Å². The molecule has 8 heteroatoms. The van der Waals surface area contributed by atoms with Gasteiger partial charge in [0.2, 0.25) is 11.8 Å². The molecule has 0 saturated heterocycles. The van der Waals surface area contributed by atoms with Gasteiger partial charge in [0.15, 0.2) is 0 Å². The number of nitrogens with one attached hydrogen (secondary N) is 4. The molecule has 4 aromatic rings. The van der Waals surface area contributed by atoms with Gasteiger partial charge in [-0.15, -0.1) is 0 Å². The summed E-state index contributed by atoms with van der Waals surface area (Å²) in [5.74, 6) is 0.0326. The maximum absolute atomic E-state index is 12.5. The first kappa shape index (κ1) is 25.2. The smallest absolute Gasteiger partial charge is 0.251 e. The maximum Gasteiger partial charge on any atom is 0.251 e. The molecular formula is C29H28N4O4. The van der Waals surface area contributed by atoms with Crippen LogP contribution in [0.4, 0.5) is 17.1 Å². The van der Waals surface area contributed by atoms with Gasteiger partial charge in [-0.25, -0.2) is 0 Å². The minimum atomic E-state index is -0.273. The van der Waals surface area contributed by atoms with Crippen molar-refractivity contribution in [2.45, 2.75) is 19.4 Å². The highest BCUT2D eigenvalue weighted by atomic mass is 16.3. The number of hydrogen-bond donors (Lipinski definition) is 4. The van der Waals surface area contributed by atoms with E-state index >= 15 is 0 Å². The van der Waals surface area contributed by atoms with Crippen LogP contribution in [0, 0.1) is 0 Å². The molecule has 1 aromatic heterocycles. The van der Waals surface area contributed by atoms with E-state index in [-0.39, 0.29) is 30.8 Å². The lowest BCUT2D eigenvalue weighted by Crippen LogP contribution is -2.24. The van der Waals surface area contributed by atoms with Crippen LogP contribution < -0.4 is 21.3 Å². The van der Waals surface area contributed by atoms with Crippen LogP contribution in [0.1, 0.15) is 28.1 Å². The van der Waals surface area contributed by atoms with E-state index in [9.17, 15) is 14.4 Å². The first-order valence-corrected chi connectivity index (χ1v) is 11.9. The molecule has 0 bridgehead atoms. The van der Waals surface area contributed by atoms with Crippen molar-refractivity contribution >= 4 is 34.8 Å². The number of carbonyl (C=O) groups is 3. The van der Waals surface area contributed by atoms with Crippen molar-refractivity contribution in [1.82, 2.24) is 5.32 Å². The fourth-order valence-electron chi connectivity index (χ4n) is 3.64. The van der Waals surface area contributed by atoms with Crippen molar-refractivity contribution in [3.63, 3.8) is 0 Å². The summed E-state index contributed by atoms with van der Waals surface area (Å²) in [5, 5.41) is 11.5. The van der Waals surface area contributed by atoms with Gasteiger partial charge in [-0.2, -0.15) is 0 Å². The van der Waals surface area contributed by atoms with Crippen molar-refractivity contribution in [1.29, 1.82) is 0 Å². The summed E-state index contributed by atoms with van der Waals surface area (Å²) < 4.78 is 5.21. The highest BCUT2D eigenvalue weighted by Gasteiger charge is 2.09. The van der Waals surface area contributed by atoms with Gasteiger partial charge in [-0.05, 0) is 60.5 Å². The SMILES string of the molecule is O=C(CCc1ccccc1)Nc1cccc(NCC(=O)Nc2cccc(C(=O)NCc3ccco3)c2)c1. The summed E-state index contributed by atoms with van der Waals surface area (Å²) in [6.45, 7) is 0.291. The Morgan fingerprint density at radius 2 is 1.43 bits per heavy atom. The van der Waals surface area contributed by atoms with E-state index in [0.717, 1.165) is 5.56 Å². The minimum Gasteiger partial charge on any atom is -0.467 e. The Bertz CT molecular complexity index is 1340. The van der Waals surface area contributed by atoms with Gasteiger partial charge < -0.3 is 25.7 Å². The second kappa shape index (κ2) is 12.7. The van der Waals surface area contributed by atoms with Crippen LogP contribution in [0.2, 0.25) is 0 Å². The number of rotatable bonds is 11. The number of hydrogen-bond acceptors (Lipinski definition) is 5. The fraction of sp³-hybridized carbons (Fsp3) is 0.138. The van der Waals surface area contributed by atoms with Gasteiger partial charge in [0.05, 0.1) is 19.4 Å². The molecule has 4 rings (SSSR count). The molecular weight excluding hydrogens is 468 g/mol. The van der Waals surface area contributed by atoms with Crippen LogP contribution in [-0.4, -0.2) is 24.3 Å². The third-order valence-corrected chi connectivity index (χ3v) is 5.49. The van der Waals surface area contributed by atoms with Crippen LogP contribution in [0.3, 0.4) is 0 Å². The molecule has 0 fully saturated rings. The molecule has 0 aliphatic carbocycles. The summed E-state index contributed by atoms with van der Waals surface area (Å²) in [5.41, 5.74) is 3.39. The van der Waals surface area contributed by atoms with Gasteiger partial charge in [-0.1, -0.05) is 42.5 Å². The highest BCUT2D eigenvalue weighted by Crippen LogP contribution is 2.16. The first-order chi connectivity index (χ1) is 18.0. The molecule has 188 valence electrons. The third kappa shape index (κ3) is 8.10. The quantitative estimate of drug-likeness (QED) is 0.238. The van der Waals surface area contributed by atoms with Crippen molar-refractivity contribution in [3.05, 3.63) is 114 Å². The van der Waals surface area contributed by atoms with Gasteiger partial charge in [0.25, 0.3) is 5.91 Å². The number of carbonyl (C=O) groups excluding carboxylic acids is 3. The van der Waals surface area contributed by atoms with Crippen LogP contribution in [-0.2, 0) is 22.6 Å². The Kier molecular flexibility index (Phi) is 8.69. The second-order valence-electron chi connectivity index (χ2n) is 8.36. The summed E-state index contributed by atoms with van der Waals surface area (Å²) in [6, 6.07) is 27.3. The van der Waals surface area contributed by atoms with E-state index in [1.807, 2.05) is 36.4 Å². The molecule has 0 atom stereocenters. The number of aryl methyl sites for hydroxylation is 1. The van der Waals surface area contributed by atoms with Crippen LogP contribution in [0.5, 0.6) is 0 Å². The molecule has 0 saturated carbocycles. The van der Waals surface area contributed by atoms with Gasteiger partial charge >= 0.3 is 0 Å². The molecule has 37 heavy (non-hydrogen) atoms. The zero-order valence-corrected chi connectivity index (χ0v) is 20.2. The number of furan rings is 1. The zero-order chi connectivity index (χ0) is 25.9. The molecule has 0 aliphatic rings. The minimum absolute atomic E-state index is 0.0142. The lowest BCUT2D eigenvalue weighted by molar-refractivity contribution is -0.116. The van der Waals surface area contributed by atoms with Crippen LogP contribution >= 0.6 is 0 Å². The molecule has 0 aliphatic heterocycles. The molecule has 8 nitrogen and oxygen atoms in total. The molecule has 0 spiro atoms. The molecule has 4 N–H and O–H groups in total. The average molecular weight is 497 g/mol. The molecule has 3 amide bonds. The standard InChI is InChI=1S/C29H28N4O4/c34-27(15-14-21-7-2-1-3-8-21)32-25-12-5-10-23(18-25)30-20-28(35)33-24-11-4-9-22(17-24)29(36)31-19-26-13-6-16-37-26/h1-13,16-18,30H,14-15,19-20H2,(H,31,36)(H,32,34)(H,33,35). The predicted molar refractivity (Wildman–Crippen MR) is 143 cm³/mol. The normalized spacial score (nSPS) is 10.4. The molecule has 3 aromatic carbocycles.